The third-order valence-electron chi connectivity index (χ3n) is 4.95. The smallest absolute Gasteiger partial charge is 0.251 e. The van der Waals surface area contributed by atoms with E-state index in [1.807, 2.05) is 61.5 Å². The third kappa shape index (κ3) is 5.34. The van der Waals surface area contributed by atoms with Crippen molar-refractivity contribution >= 4 is 17.4 Å². The van der Waals surface area contributed by atoms with Gasteiger partial charge in [-0.3, -0.25) is 4.79 Å². The van der Waals surface area contributed by atoms with Gasteiger partial charge in [0.25, 0.3) is 5.91 Å². The molecule has 0 aliphatic rings. The van der Waals surface area contributed by atoms with E-state index in [2.05, 4.69) is 45.7 Å². The molecule has 0 unspecified atom stereocenters. The first-order chi connectivity index (χ1) is 15.1. The number of carbonyl (C=O) groups excluding carboxylic acids is 1. The first kappa shape index (κ1) is 20.3. The first-order valence-electron chi connectivity index (χ1n) is 10.2. The lowest BCUT2D eigenvalue weighted by Crippen LogP contribution is -2.22. The van der Waals surface area contributed by atoms with Crippen molar-refractivity contribution in [1.29, 1.82) is 0 Å². The summed E-state index contributed by atoms with van der Waals surface area (Å²) in [6, 6.07) is 25.6. The maximum atomic E-state index is 12.6. The van der Waals surface area contributed by atoms with Crippen LogP contribution in [-0.2, 0) is 6.54 Å². The molecule has 1 heterocycles. The van der Waals surface area contributed by atoms with Crippen LogP contribution in [0.5, 0.6) is 0 Å². The van der Waals surface area contributed by atoms with Gasteiger partial charge in [0.15, 0.2) is 0 Å². The van der Waals surface area contributed by atoms with Gasteiger partial charge in [0, 0.05) is 29.4 Å². The van der Waals surface area contributed by atoms with Gasteiger partial charge in [0.1, 0.15) is 12.1 Å². The Morgan fingerprint density at radius 3 is 2.45 bits per heavy atom. The van der Waals surface area contributed by atoms with Gasteiger partial charge in [-0.05, 0) is 37.6 Å². The number of hydrogen-bond donors (Lipinski definition) is 2. The van der Waals surface area contributed by atoms with E-state index in [1.165, 1.54) is 17.5 Å². The summed E-state index contributed by atoms with van der Waals surface area (Å²) in [5.74, 6) is 0.552. The molecule has 0 aliphatic carbocycles. The summed E-state index contributed by atoms with van der Waals surface area (Å²) in [4.78, 5) is 21.3. The van der Waals surface area contributed by atoms with Crippen LogP contribution in [0, 0.1) is 13.8 Å². The third-order valence-corrected chi connectivity index (χ3v) is 4.95. The number of aromatic nitrogens is 2. The van der Waals surface area contributed by atoms with Gasteiger partial charge in [-0.25, -0.2) is 9.97 Å². The summed E-state index contributed by atoms with van der Waals surface area (Å²) in [6.07, 6.45) is 1.54. The van der Waals surface area contributed by atoms with E-state index in [4.69, 9.17) is 0 Å². The van der Waals surface area contributed by atoms with Gasteiger partial charge >= 0.3 is 0 Å². The molecular weight excluding hydrogens is 384 g/mol. The Balaban J connectivity index is 1.45. The van der Waals surface area contributed by atoms with Crippen LogP contribution in [0.15, 0.2) is 85.2 Å². The van der Waals surface area contributed by atoms with E-state index in [-0.39, 0.29) is 5.91 Å². The fourth-order valence-corrected chi connectivity index (χ4v) is 3.30. The largest absolute Gasteiger partial charge is 0.348 e. The Kier molecular flexibility index (Phi) is 6.03. The topological polar surface area (TPSA) is 66.9 Å². The minimum atomic E-state index is -0.117. The van der Waals surface area contributed by atoms with Crippen molar-refractivity contribution in [2.75, 3.05) is 5.32 Å². The van der Waals surface area contributed by atoms with Crippen molar-refractivity contribution in [3.05, 3.63) is 107 Å². The second-order valence-electron chi connectivity index (χ2n) is 7.53. The highest BCUT2D eigenvalue weighted by molar-refractivity contribution is 5.95. The van der Waals surface area contributed by atoms with Gasteiger partial charge in [-0.2, -0.15) is 0 Å². The average molecular weight is 409 g/mol. The fraction of sp³-hybridized carbons (Fsp3) is 0.115. The zero-order valence-electron chi connectivity index (χ0n) is 17.6. The molecule has 1 amide bonds. The Morgan fingerprint density at radius 1 is 0.839 bits per heavy atom. The second kappa shape index (κ2) is 9.22. The fourth-order valence-electron chi connectivity index (χ4n) is 3.30. The minimum absolute atomic E-state index is 0.117. The van der Waals surface area contributed by atoms with Crippen LogP contribution in [0.1, 0.15) is 27.0 Å². The maximum absolute atomic E-state index is 12.6. The SMILES string of the molecule is Cc1ccc(-c2cc(Nc3cccc(C(=O)NCc4cccc(C)c4)c3)ncn2)cc1. The number of aryl methyl sites for hydroxylation is 2. The Labute approximate surface area is 182 Å². The lowest BCUT2D eigenvalue weighted by molar-refractivity contribution is 0.0951. The molecule has 4 aromatic rings. The molecule has 0 saturated carbocycles. The van der Waals surface area contributed by atoms with Crippen molar-refractivity contribution in [3.8, 4) is 11.3 Å². The predicted molar refractivity (Wildman–Crippen MR) is 124 cm³/mol. The highest BCUT2D eigenvalue weighted by Gasteiger charge is 2.08. The van der Waals surface area contributed by atoms with Crippen molar-refractivity contribution in [1.82, 2.24) is 15.3 Å². The van der Waals surface area contributed by atoms with E-state index in [0.29, 0.717) is 17.9 Å². The summed E-state index contributed by atoms with van der Waals surface area (Å²) in [7, 11) is 0. The number of nitrogens with one attached hydrogen (secondary N) is 2. The summed E-state index contributed by atoms with van der Waals surface area (Å²) in [5.41, 5.74) is 6.70. The zero-order valence-corrected chi connectivity index (χ0v) is 17.6. The van der Waals surface area contributed by atoms with Crippen LogP contribution in [0.3, 0.4) is 0 Å². The molecule has 3 aromatic carbocycles. The van der Waals surface area contributed by atoms with Gasteiger partial charge < -0.3 is 10.6 Å². The molecule has 0 spiro atoms. The van der Waals surface area contributed by atoms with E-state index in [9.17, 15) is 4.79 Å². The molecular formula is C26H24N4O. The van der Waals surface area contributed by atoms with Crippen LogP contribution in [0.2, 0.25) is 0 Å². The lowest BCUT2D eigenvalue weighted by Gasteiger charge is -2.10. The molecule has 1 aromatic heterocycles. The number of anilines is 2. The number of hydrogen-bond acceptors (Lipinski definition) is 4. The molecule has 0 atom stereocenters. The standard InChI is InChI=1S/C26H24N4O/c1-18-9-11-21(12-10-18)24-15-25(29-17-28-24)30-23-8-4-7-22(14-23)26(31)27-16-20-6-3-5-19(2)13-20/h3-15,17H,16H2,1-2H3,(H,27,31)(H,28,29,30). The molecule has 2 N–H and O–H groups in total. The predicted octanol–water partition coefficient (Wildman–Crippen LogP) is 5.43. The molecule has 5 nitrogen and oxygen atoms in total. The Morgan fingerprint density at radius 2 is 1.65 bits per heavy atom. The Hall–Kier alpha value is -3.99. The van der Waals surface area contributed by atoms with Gasteiger partial charge in [-0.15, -0.1) is 0 Å². The maximum Gasteiger partial charge on any atom is 0.251 e. The molecule has 4 rings (SSSR count). The summed E-state index contributed by atoms with van der Waals surface area (Å²) >= 11 is 0. The van der Waals surface area contributed by atoms with Crippen LogP contribution in [-0.4, -0.2) is 15.9 Å². The minimum Gasteiger partial charge on any atom is -0.348 e. The zero-order chi connectivity index (χ0) is 21.6. The molecule has 31 heavy (non-hydrogen) atoms. The highest BCUT2D eigenvalue weighted by atomic mass is 16.1. The second-order valence-corrected chi connectivity index (χ2v) is 7.53. The molecule has 154 valence electrons. The lowest BCUT2D eigenvalue weighted by atomic mass is 10.1. The average Bonchev–Trinajstić information content (AvgIpc) is 2.78. The quantitative estimate of drug-likeness (QED) is 0.446. The van der Waals surface area contributed by atoms with Crippen molar-refractivity contribution in [2.24, 2.45) is 0 Å². The van der Waals surface area contributed by atoms with E-state index in [1.54, 1.807) is 6.07 Å². The van der Waals surface area contributed by atoms with Crippen LogP contribution < -0.4 is 10.6 Å². The molecule has 0 aliphatic heterocycles. The molecule has 0 radical (unpaired) electrons. The van der Waals surface area contributed by atoms with Crippen LogP contribution in [0.25, 0.3) is 11.3 Å². The van der Waals surface area contributed by atoms with Crippen molar-refractivity contribution < 1.29 is 4.79 Å². The van der Waals surface area contributed by atoms with Crippen LogP contribution >= 0.6 is 0 Å². The molecule has 0 saturated heterocycles. The monoisotopic (exact) mass is 408 g/mol. The van der Waals surface area contributed by atoms with E-state index < -0.39 is 0 Å². The number of rotatable bonds is 6. The molecule has 5 heteroatoms. The highest BCUT2D eigenvalue weighted by Crippen LogP contribution is 2.22. The van der Waals surface area contributed by atoms with Crippen molar-refractivity contribution in [3.63, 3.8) is 0 Å². The van der Waals surface area contributed by atoms with Gasteiger partial charge in [0.2, 0.25) is 0 Å². The summed E-state index contributed by atoms with van der Waals surface area (Å²) in [6.45, 7) is 4.59. The van der Waals surface area contributed by atoms with E-state index >= 15 is 0 Å². The number of carbonyl (C=O) groups is 1. The molecule has 0 bridgehead atoms. The van der Waals surface area contributed by atoms with Gasteiger partial charge in [-0.1, -0.05) is 65.7 Å². The number of nitrogens with zero attached hydrogens (tertiary/aromatic N) is 2. The summed E-state index contributed by atoms with van der Waals surface area (Å²) in [5, 5.41) is 6.25. The van der Waals surface area contributed by atoms with E-state index in [0.717, 1.165) is 22.5 Å². The van der Waals surface area contributed by atoms with Crippen LogP contribution in [0.4, 0.5) is 11.5 Å². The van der Waals surface area contributed by atoms with Gasteiger partial charge in [0.05, 0.1) is 5.69 Å². The summed E-state index contributed by atoms with van der Waals surface area (Å²) < 4.78 is 0. The number of amides is 1. The normalized spacial score (nSPS) is 10.5. The Bertz CT molecular complexity index is 1200. The number of benzene rings is 3. The first-order valence-corrected chi connectivity index (χ1v) is 10.2. The molecule has 0 fully saturated rings. The van der Waals surface area contributed by atoms with Crippen molar-refractivity contribution in [2.45, 2.75) is 20.4 Å².